The van der Waals surface area contributed by atoms with E-state index < -0.39 is 5.97 Å². The van der Waals surface area contributed by atoms with Crippen molar-refractivity contribution in [2.45, 2.75) is 40.7 Å². The molecule has 4 heteroatoms. The number of carbonyl (C=O) groups excluding carboxylic acids is 2. The van der Waals surface area contributed by atoms with E-state index in [1.165, 1.54) is 11.1 Å². The summed E-state index contributed by atoms with van der Waals surface area (Å²) in [6.07, 6.45) is 0. The normalized spacial score (nSPS) is 11.7. The number of aryl methyl sites for hydroxylation is 4. The Labute approximate surface area is 149 Å². The summed E-state index contributed by atoms with van der Waals surface area (Å²) in [6, 6.07) is 11.5. The van der Waals surface area contributed by atoms with Crippen LogP contribution in [0, 0.1) is 27.7 Å². The van der Waals surface area contributed by atoms with Gasteiger partial charge in [-0.2, -0.15) is 0 Å². The Morgan fingerprint density at radius 3 is 2.32 bits per heavy atom. The Morgan fingerprint density at radius 2 is 1.64 bits per heavy atom. The molecular weight excluding hydrogens is 314 g/mol. The first-order chi connectivity index (χ1) is 11.8. The van der Waals surface area contributed by atoms with Crippen molar-refractivity contribution in [2.75, 3.05) is 6.61 Å². The standard InChI is InChI=1S/C21H25NO3/c1-13-6-7-15(3)19(10-13)21(24)25-12-20(23)22-17(5)18-9-8-14(2)16(4)11-18/h6-11,17H,12H2,1-5H3,(H,22,23)/t17-/m1/s1. The Kier molecular flexibility index (Phi) is 5.97. The zero-order valence-electron chi connectivity index (χ0n) is 15.5. The van der Waals surface area contributed by atoms with Gasteiger partial charge in [-0.3, -0.25) is 4.79 Å². The lowest BCUT2D eigenvalue weighted by Gasteiger charge is -2.16. The molecule has 0 aliphatic carbocycles. The molecule has 1 N–H and O–H groups in total. The van der Waals surface area contributed by atoms with Gasteiger partial charge in [0.1, 0.15) is 0 Å². The SMILES string of the molecule is Cc1ccc(C)c(C(=O)OCC(=O)N[C@H](C)c2ccc(C)c(C)c2)c1. The Bertz CT molecular complexity index is 796. The maximum atomic E-state index is 12.2. The van der Waals surface area contributed by atoms with Crippen LogP contribution in [0.25, 0.3) is 0 Å². The molecular formula is C21H25NO3. The minimum Gasteiger partial charge on any atom is -0.452 e. The number of hydrogen-bond donors (Lipinski definition) is 1. The second-order valence-electron chi connectivity index (χ2n) is 6.53. The molecule has 1 amide bonds. The van der Waals surface area contributed by atoms with Gasteiger partial charge >= 0.3 is 5.97 Å². The summed E-state index contributed by atoms with van der Waals surface area (Å²) in [6.45, 7) is 9.47. The second-order valence-corrected chi connectivity index (χ2v) is 6.53. The van der Waals surface area contributed by atoms with E-state index in [4.69, 9.17) is 4.74 Å². The summed E-state index contributed by atoms with van der Waals surface area (Å²) in [5, 5.41) is 2.86. The number of benzene rings is 2. The maximum absolute atomic E-state index is 12.2. The molecule has 132 valence electrons. The molecule has 0 unspecified atom stereocenters. The molecule has 0 fully saturated rings. The van der Waals surface area contributed by atoms with Crippen molar-refractivity contribution in [3.05, 3.63) is 69.8 Å². The third-order valence-corrected chi connectivity index (χ3v) is 4.36. The van der Waals surface area contributed by atoms with E-state index in [9.17, 15) is 9.59 Å². The lowest BCUT2D eigenvalue weighted by molar-refractivity contribution is -0.124. The van der Waals surface area contributed by atoms with E-state index in [1.807, 2.05) is 52.0 Å². The van der Waals surface area contributed by atoms with Gasteiger partial charge in [0.25, 0.3) is 5.91 Å². The van der Waals surface area contributed by atoms with Crippen LogP contribution in [0.2, 0.25) is 0 Å². The monoisotopic (exact) mass is 339 g/mol. The van der Waals surface area contributed by atoms with Crippen molar-refractivity contribution in [3.8, 4) is 0 Å². The minimum atomic E-state index is -0.477. The molecule has 0 saturated heterocycles. The van der Waals surface area contributed by atoms with Crippen LogP contribution in [0.5, 0.6) is 0 Å². The highest BCUT2D eigenvalue weighted by Crippen LogP contribution is 2.17. The molecule has 0 aliphatic rings. The molecule has 0 bridgehead atoms. The quantitative estimate of drug-likeness (QED) is 0.839. The van der Waals surface area contributed by atoms with Crippen LogP contribution in [0.1, 0.15) is 51.1 Å². The first kappa shape index (κ1) is 18.7. The third kappa shape index (κ3) is 4.92. The van der Waals surface area contributed by atoms with E-state index in [-0.39, 0.29) is 18.6 Å². The smallest absolute Gasteiger partial charge is 0.338 e. The molecule has 0 aliphatic heterocycles. The van der Waals surface area contributed by atoms with Gasteiger partial charge in [-0.15, -0.1) is 0 Å². The maximum Gasteiger partial charge on any atom is 0.338 e. The predicted octanol–water partition coefficient (Wildman–Crippen LogP) is 3.95. The van der Waals surface area contributed by atoms with Crippen LogP contribution in [0.4, 0.5) is 0 Å². The number of ether oxygens (including phenoxy) is 1. The molecule has 25 heavy (non-hydrogen) atoms. The summed E-state index contributed by atoms with van der Waals surface area (Å²) >= 11 is 0. The van der Waals surface area contributed by atoms with Crippen LogP contribution in [0.3, 0.4) is 0 Å². The Morgan fingerprint density at radius 1 is 0.960 bits per heavy atom. The molecule has 2 aromatic rings. The van der Waals surface area contributed by atoms with Gasteiger partial charge in [0.15, 0.2) is 6.61 Å². The van der Waals surface area contributed by atoms with Crippen molar-refractivity contribution in [1.82, 2.24) is 5.32 Å². The van der Waals surface area contributed by atoms with Crippen LogP contribution >= 0.6 is 0 Å². The average molecular weight is 339 g/mol. The minimum absolute atomic E-state index is 0.147. The first-order valence-electron chi connectivity index (χ1n) is 8.39. The summed E-state index contributed by atoms with van der Waals surface area (Å²) in [5.41, 5.74) is 5.72. The third-order valence-electron chi connectivity index (χ3n) is 4.36. The Balaban J connectivity index is 1.92. The highest BCUT2D eigenvalue weighted by Gasteiger charge is 2.15. The molecule has 2 rings (SSSR count). The number of hydrogen-bond acceptors (Lipinski definition) is 3. The van der Waals surface area contributed by atoms with E-state index in [1.54, 1.807) is 6.07 Å². The van der Waals surface area contributed by atoms with Gasteiger partial charge in [-0.1, -0.05) is 35.9 Å². The second kappa shape index (κ2) is 7.97. The number of carbonyl (C=O) groups is 2. The van der Waals surface area contributed by atoms with Crippen LogP contribution in [-0.4, -0.2) is 18.5 Å². The fourth-order valence-electron chi connectivity index (χ4n) is 2.57. The van der Waals surface area contributed by atoms with Crippen molar-refractivity contribution >= 4 is 11.9 Å². The topological polar surface area (TPSA) is 55.4 Å². The summed E-state index contributed by atoms with van der Waals surface area (Å²) < 4.78 is 5.15. The zero-order valence-corrected chi connectivity index (χ0v) is 15.5. The fourth-order valence-corrected chi connectivity index (χ4v) is 2.57. The molecule has 4 nitrogen and oxygen atoms in total. The molecule has 2 aromatic carbocycles. The average Bonchev–Trinajstić information content (AvgIpc) is 2.57. The molecule has 0 saturated carbocycles. The lowest BCUT2D eigenvalue weighted by Crippen LogP contribution is -2.31. The van der Waals surface area contributed by atoms with Gasteiger partial charge in [0.05, 0.1) is 11.6 Å². The van der Waals surface area contributed by atoms with Gasteiger partial charge in [0.2, 0.25) is 0 Å². The zero-order chi connectivity index (χ0) is 18.6. The molecule has 0 spiro atoms. The van der Waals surface area contributed by atoms with E-state index in [2.05, 4.69) is 18.3 Å². The van der Waals surface area contributed by atoms with Gasteiger partial charge < -0.3 is 10.1 Å². The van der Waals surface area contributed by atoms with Crippen molar-refractivity contribution < 1.29 is 14.3 Å². The molecule has 0 radical (unpaired) electrons. The van der Waals surface area contributed by atoms with Gasteiger partial charge in [-0.05, 0) is 62.9 Å². The van der Waals surface area contributed by atoms with Crippen LogP contribution in [-0.2, 0) is 9.53 Å². The van der Waals surface area contributed by atoms with Crippen molar-refractivity contribution in [1.29, 1.82) is 0 Å². The molecule has 0 aromatic heterocycles. The lowest BCUT2D eigenvalue weighted by atomic mass is 10.0. The molecule has 1 atom stereocenters. The number of amides is 1. The predicted molar refractivity (Wildman–Crippen MR) is 98.7 cm³/mol. The van der Waals surface area contributed by atoms with E-state index in [0.29, 0.717) is 5.56 Å². The summed E-state index contributed by atoms with van der Waals surface area (Å²) in [7, 11) is 0. The van der Waals surface area contributed by atoms with Crippen molar-refractivity contribution in [3.63, 3.8) is 0 Å². The number of nitrogens with one attached hydrogen (secondary N) is 1. The number of rotatable bonds is 5. The van der Waals surface area contributed by atoms with Crippen LogP contribution < -0.4 is 5.32 Å². The highest BCUT2D eigenvalue weighted by molar-refractivity contribution is 5.92. The van der Waals surface area contributed by atoms with E-state index >= 15 is 0 Å². The first-order valence-corrected chi connectivity index (χ1v) is 8.39. The van der Waals surface area contributed by atoms with Gasteiger partial charge in [0, 0.05) is 0 Å². The van der Waals surface area contributed by atoms with Gasteiger partial charge in [-0.25, -0.2) is 4.79 Å². The van der Waals surface area contributed by atoms with Crippen LogP contribution in [0.15, 0.2) is 36.4 Å². The molecule has 0 heterocycles. The van der Waals surface area contributed by atoms with Crippen molar-refractivity contribution in [2.24, 2.45) is 0 Å². The largest absolute Gasteiger partial charge is 0.452 e. The fraction of sp³-hybridized carbons (Fsp3) is 0.333. The Hall–Kier alpha value is -2.62. The number of esters is 1. The highest BCUT2D eigenvalue weighted by atomic mass is 16.5. The summed E-state index contributed by atoms with van der Waals surface area (Å²) in [5.74, 6) is -0.792. The summed E-state index contributed by atoms with van der Waals surface area (Å²) in [4.78, 5) is 24.2. The van der Waals surface area contributed by atoms with E-state index in [0.717, 1.165) is 16.7 Å².